The number of carbonyl (C=O) groups is 1. The summed E-state index contributed by atoms with van der Waals surface area (Å²) in [7, 11) is 0. The zero-order valence-electron chi connectivity index (χ0n) is 14.5. The molecule has 2 heterocycles. The predicted molar refractivity (Wildman–Crippen MR) is 105 cm³/mol. The average molecular weight is 389 g/mol. The molecule has 0 fully saturated rings. The molecular weight excluding hydrogens is 368 g/mol. The van der Waals surface area contributed by atoms with Gasteiger partial charge in [-0.2, -0.15) is 5.10 Å². The Hall–Kier alpha value is -2.52. The maximum atomic E-state index is 12.6. The second-order valence-electron chi connectivity index (χ2n) is 6.06. The van der Waals surface area contributed by atoms with Crippen molar-refractivity contribution in [2.45, 2.75) is 26.3 Å². The molecule has 0 unspecified atom stereocenters. The maximum absolute atomic E-state index is 12.6. The van der Waals surface area contributed by atoms with Crippen molar-refractivity contribution in [3.63, 3.8) is 0 Å². The Morgan fingerprint density at radius 3 is 2.65 bits per heavy atom. The van der Waals surface area contributed by atoms with Crippen LogP contribution in [0.15, 0.2) is 36.5 Å². The standard InChI is InChI=1S/C17H20N6OS2/c1-11(2)22-14(20-21-17(22)26)8-9-18-15(24)13-10-19-16(25)23(13)12-6-4-3-5-7-12/h3-7,10-11H,8-9H2,1-2H3,(H,18,24)(H,19,25)(H,21,26). The molecule has 0 spiro atoms. The quantitative estimate of drug-likeness (QED) is 0.566. The number of aromatic amines is 2. The normalized spacial score (nSPS) is 11.0. The van der Waals surface area contributed by atoms with E-state index >= 15 is 0 Å². The van der Waals surface area contributed by atoms with Crippen LogP contribution >= 0.6 is 24.4 Å². The van der Waals surface area contributed by atoms with Crippen molar-refractivity contribution >= 4 is 30.3 Å². The van der Waals surface area contributed by atoms with Crippen molar-refractivity contribution in [3.05, 3.63) is 57.6 Å². The fraction of sp³-hybridized carbons (Fsp3) is 0.294. The lowest BCUT2D eigenvalue weighted by atomic mass is 10.3. The van der Waals surface area contributed by atoms with Gasteiger partial charge in [0.15, 0.2) is 9.54 Å². The Morgan fingerprint density at radius 1 is 1.23 bits per heavy atom. The first kappa shape index (κ1) is 18.3. The Labute approximate surface area is 161 Å². The molecule has 1 aromatic carbocycles. The number of para-hydroxylation sites is 1. The fourth-order valence-corrected chi connectivity index (χ4v) is 3.42. The summed E-state index contributed by atoms with van der Waals surface area (Å²) in [6, 6.07) is 9.74. The van der Waals surface area contributed by atoms with Crippen LogP contribution < -0.4 is 5.32 Å². The van der Waals surface area contributed by atoms with E-state index in [1.54, 1.807) is 10.8 Å². The number of nitrogens with zero attached hydrogens (tertiary/aromatic N) is 3. The van der Waals surface area contributed by atoms with Crippen LogP contribution in [-0.2, 0) is 6.42 Å². The number of carbonyl (C=O) groups excluding carboxylic acids is 1. The number of rotatable bonds is 6. The van der Waals surface area contributed by atoms with Crippen molar-refractivity contribution in [3.8, 4) is 5.69 Å². The second kappa shape index (κ2) is 7.79. The topological polar surface area (TPSA) is 83.4 Å². The van der Waals surface area contributed by atoms with E-state index in [9.17, 15) is 4.79 Å². The van der Waals surface area contributed by atoms with Gasteiger partial charge >= 0.3 is 0 Å². The van der Waals surface area contributed by atoms with Gasteiger partial charge in [-0.3, -0.25) is 14.5 Å². The molecule has 0 saturated heterocycles. The summed E-state index contributed by atoms with van der Waals surface area (Å²) < 4.78 is 4.73. The van der Waals surface area contributed by atoms with Gasteiger partial charge in [0.05, 0.1) is 0 Å². The number of hydrogen-bond acceptors (Lipinski definition) is 4. The summed E-state index contributed by atoms with van der Waals surface area (Å²) >= 11 is 10.6. The summed E-state index contributed by atoms with van der Waals surface area (Å²) in [6.07, 6.45) is 2.20. The molecule has 3 N–H and O–H groups in total. The minimum Gasteiger partial charge on any atom is -0.350 e. The molecule has 9 heteroatoms. The van der Waals surface area contributed by atoms with E-state index in [1.165, 1.54) is 0 Å². The monoisotopic (exact) mass is 388 g/mol. The average Bonchev–Trinajstić information content (AvgIpc) is 3.18. The molecular formula is C17H20N6OS2. The van der Waals surface area contributed by atoms with Gasteiger partial charge in [-0.05, 0) is 50.4 Å². The van der Waals surface area contributed by atoms with Gasteiger partial charge < -0.3 is 14.9 Å². The van der Waals surface area contributed by atoms with Crippen molar-refractivity contribution in [2.75, 3.05) is 6.54 Å². The molecule has 3 rings (SSSR count). The van der Waals surface area contributed by atoms with Crippen LogP contribution in [0.1, 0.15) is 36.2 Å². The van der Waals surface area contributed by atoms with E-state index in [0.717, 1.165) is 11.5 Å². The van der Waals surface area contributed by atoms with E-state index in [1.807, 2.05) is 48.7 Å². The SMILES string of the molecule is CC(C)n1c(CCNC(=O)c2c[nH]c(=S)n2-c2ccccc2)n[nH]c1=S. The van der Waals surface area contributed by atoms with Crippen LogP contribution in [0.4, 0.5) is 0 Å². The first-order valence-electron chi connectivity index (χ1n) is 8.29. The third-order valence-electron chi connectivity index (χ3n) is 3.95. The van der Waals surface area contributed by atoms with Crippen LogP contribution in [0, 0.1) is 9.54 Å². The van der Waals surface area contributed by atoms with Gasteiger partial charge in [-0.1, -0.05) is 18.2 Å². The predicted octanol–water partition coefficient (Wildman–Crippen LogP) is 3.34. The number of amides is 1. The van der Waals surface area contributed by atoms with Crippen LogP contribution in [-0.4, -0.2) is 36.8 Å². The Bertz CT molecular complexity index is 1010. The molecule has 0 atom stereocenters. The highest BCUT2D eigenvalue weighted by molar-refractivity contribution is 7.71. The van der Waals surface area contributed by atoms with Gasteiger partial charge in [-0.15, -0.1) is 0 Å². The Kier molecular flexibility index (Phi) is 5.48. The number of aromatic nitrogens is 5. The molecule has 0 aliphatic carbocycles. The van der Waals surface area contributed by atoms with E-state index in [4.69, 9.17) is 24.4 Å². The van der Waals surface area contributed by atoms with Crippen LogP contribution in [0.25, 0.3) is 5.69 Å². The molecule has 136 valence electrons. The summed E-state index contributed by atoms with van der Waals surface area (Å²) in [5.41, 5.74) is 1.30. The number of nitrogens with one attached hydrogen (secondary N) is 3. The Balaban J connectivity index is 1.73. The number of imidazole rings is 1. The van der Waals surface area contributed by atoms with Crippen LogP contribution in [0.2, 0.25) is 0 Å². The molecule has 1 amide bonds. The van der Waals surface area contributed by atoms with Crippen LogP contribution in [0.3, 0.4) is 0 Å². The smallest absolute Gasteiger partial charge is 0.269 e. The highest BCUT2D eigenvalue weighted by Gasteiger charge is 2.15. The maximum Gasteiger partial charge on any atom is 0.269 e. The molecule has 0 bridgehead atoms. The minimum absolute atomic E-state index is 0.202. The van der Waals surface area contributed by atoms with E-state index in [2.05, 4.69) is 20.5 Å². The highest BCUT2D eigenvalue weighted by atomic mass is 32.1. The molecule has 3 aromatic rings. The lowest BCUT2D eigenvalue weighted by Gasteiger charge is -2.11. The number of H-pyrrole nitrogens is 2. The van der Waals surface area contributed by atoms with Gasteiger partial charge in [0.25, 0.3) is 5.91 Å². The molecule has 26 heavy (non-hydrogen) atoms. The first-order valence-corrected chi connectivity index (χ1v) is 9.10. The summed E-state index contributed by atoms with van der Waals surface area (Å²) in [5, 5.41) is 9.96. The third kappa shape index (κ3) is 3.68. The van der Waals surface area contributed by atoms with Gasteiger partial charge in [0, 0.05) is 30.9 Å². The van der Waals surface area contributed by atoms with Crippen molar-refractivity contribution in [2.24, 2.45) is 0 Å². The van der Waals surface area contributed by atoms with Crippen LogP contribution in [0.5, 0.6) is 0 Å². The van der Waals surface area contributed by atoms with Gasteiger partial charge in [0.1, 0.15) is 11.5 Å². The zero-order chi connectivity index (χ0) is 18.7. The fourth-order valence-electron chi connectivity index (χ4n) is 2.79. The number of hydrogen-bond donors (Lipinski definition) is 3. The van der Waals surface area contributed by atoms with E-state index in [0.29, 0.717) is 28.2 Å². The second-order valence-corrected chi connectivity index (χ2v) is 6.84. The van der Waals surface area contributed by atoms with Crippen molar-refractivity contribution in [1.82, 2.24) is 29.6 Å². The number of benzene rings is 1. The molecule has 0 saturated carbocycles. The van der Waals surface area contributed by atoms with E-state index in [-0.39, 0.29) is 11.9 Å². The minimum atomic E-state index is -0.202. The summed E-state index contributed by atoms with van der Waals surface area (Å²) in [5.74, 6) is 0.616. The lowest BCUT2D eigenvalue weighted by molar-refractivity contribution is 0.0947. The summed E-state index contributed by atoms with van der Waals surface area (Å²) in [4.78, 5) is 15.5. The van der Waals surface area contributed by atoms with Gasteiger partial charge in [-0.25, -0.2) is 0 Å². The third-order valence-corrected chi connectivity index (χ3v) is 4.54. The molecule has 0 radical (unpaired) electrons. The molecule has 0 aliphatic rings. The van der Waals surface area contributed by atoms with E-state index < -0.39 is 0 Å². The zero-order valence-corrected chi connectivity index (χ0v) is 16.2. The highest BCUT2D eigenvalue weighted by Crippen LogP contribution is 2.13. The lowest BCUT2D eigenvalue weighted by Crippen LogP contribution is -2.28. The molecule has 2 aromatic heterocycles. The molecule has 0 aliphatic heterocycles. The Morgan fingerprint density at radius 2 is 1.96 bits per heavy atom. The largest absolute Gasteiger partial charge is 0.350 e. The van der Waals surface area contributed by atoms with Gasteiger partial charge in [0.2, 0.25) is 0 Å². The molecule has 7 nitrogen and oxygen atoms in total. The van der Waals surface area contributed by atoms with Crippen molar-refractivity contribution < 1.29 is 4.79 Å². The first-order chi connectivity index (χ1) is 12.5. The summed E-state index contributed by atoms with van der Waals surface area (Å²) in [6.45, 7) is 4.53. The van der Waals surface area contributed by atoms with Crippen molar-refractivity contribution in [1.29, 1.82) is 0 Å².